The molecule has 0 fully saturated rings. The van der Waals surface area contributed by atoms with Crippen molar-refractivity contribution in [3.63, 3.8) is 0 Å². The summed E-state index contributed by atoms with van der Waals surface area (Å²) in [6.07, 6.45) is 1.42. The summed E-state index contributed by atoms with van der Waals surface area (Å²) in [6, 6.07) is 21.4. The van der Waals surface area contributed by atoms with E-state index in [2.05, 4.69) is 10.2 Å². The second-order valence-electron chi connectivity index (χ2n) is 5.87. The van der Waals surface area contributed by atoms with Gasteiger partial charge in [0.15, 0.2) is 0 Å². The molecule has 0 aliphatic carbocycles. The van der Waals surface area contributed by atoms with Gasteiger partial charge in [0, 0.05) is 11.8 Å². The van der Waals surface area contributed by atoms with Crippen molar-refractivity contribution < 1.29 is 14.6 Å². The van der Waals surface area contributed by atoms with Crippen LogP contribution in [0.5, 0.6) is 5.75 Å². The van der Waals surface area contributed by atoms with Crippen molar-refractivity contribution in [3.8, 4) is 5.75 Å². The Morgan fingerprint density at radius 3 is 2.46 bits per heavy atom. The van der Waals surface area contributed by atoms with Crippen LogP contribution in [0, 0.1) is 0 Å². The third kappa shape index (κ3) is 4.66. The molecular formula is C21H20N2O3. The van der Waals surface area contributed by atoms with Gasteiger partial charge in [0.2, 0.25) is 0 Å². The molecule has 5 heteroatoms. The van der Waals surface area contributed by atoms with Gasteiger partial charge in [-0.1, -0.05) is 48.5 Å². The Hall–Kier alpha value is -3.21. The molecule has 0 amide bonds. The van der Waals surface area contributed by atoms with Crippen molar-refractivity contribution in [2.45, 2.75) is 19.3 Å². The zero-order valence-corrected chi connectivity index (χ0v) is 14.3. The Balaban J connectivity index is 1.83. The summed E-state index contributed by atoms with van der Waals surface area (Å²) in [7, 11) is 0. The molecule has 0 aromatic heterocycles. The van der Waals surface area contributed by atoms with Crippen LogP contribution < -0.4 is 4.74 Å². The highest BCUT2D eigenvalue weighted by Gasteiger charge is 2.09. The van der Waals surface area contributed by atoms with Gasteiger partial charge in [-0.15, -0.1) is 5.11 Å². The van der Waals surface area contributed by atoms with Crippen LogP contribution in [0.15, 0.2) is 77.0 Å². The molecule has 0 aliphatic rings. The number of hydrogen-bond donors (Lipinski definition) is 1. The lowest BCUT2D eigenvalue weighted by Crippen LogP contribution is -2.00. The fourth-order valence-electron chi connectivity index (χ4n) is 2.62. The number of rotatable bonds is 8. The maximum absolute atomic E-state index is 10.6. The summed E-state index contributed by atoms with van der Waals surface area (Å²) in [5.41, 5.74) is 1.46. The Kier molecular flexibility index (Phi) is 5.93. The van der Waals surface area contributed by atoms with Crippen molar-refractivity contribution in [1.82, 2.24) is 0 Å². The Labute approximate surface area is 152 Å². The van der Waals surface area contributed by atoms with Gasteiger partial charge in [-0.2, -0.15) is 5.11 Å². The quantitative estimate of drug-likeness (QED) is 0.407. The molecule has 0 radical (unpaired) electrons. The van der Waals surface area contributed by atoms with E-state index in [1.54, 1.807) is 0 Å². The lowest BCUT2D eigenvalue weighted by atomic mass is 10.1. The number of benzene rings is 3. The van der Waals surface area contributed by atoms with E-state index in [4.69, 9.17) is 9.84 Å². The average Bonchev–Trinajstić information content (AvgIpc) is 2.67. The summed E-state index contributed by atoms with van der Waals surface area (Å²) in [6.45, 7) is 0.444. The SMILES string of the molecule is O=C(O)CCCCOc1ccc2ccccc2c1N=Nc1ccccc1. The lowest BCUT2D eigenvalue weighted by molar-refractivity contribution is -0.137. The lowest BCUT2D eigenvalue weighted by Gasteiger charge is -2.10. The molecule has 0 saturated carbocycles. The number of ether oxygens (including phenoxy) is 1. The second-order valence-corrected chi connectivity index (χ2v) is 5.87. The highest BCUT2D eigenvalue weighted by molar-refractivity contribution is 5.95. The van der Waals surface area contributed by atoms with Crippen LogP contribution in [0.25, 0.3) is 10.8 Å². The van der Waals surface area contributed by atoms with E-state index >= 15 is 0 Å². The number of azo groups is 1. The normalized spacial score (nSPS) is 11.1. The van der Waals surface area contributed by atoms with Crippen LogP contribution in [0.2, 0.25) is 0 Å². The van der Waals surface area contributed by atoms with E-state index in [-0.39, 0.29) is 6.42 Å². The maximum Gasteiger partial charge on any atom is 0.303 e. The first-order valence-corrected chi connectivity index (χ1v) is 8.57. The number of fused-ring (bicyclic) bond motifs is 1. The number of carboxylic acid groups (broad SMARTS) is 1. The summed E-state index contributed by atoms with van der Waals surface area (Å²) < 4.78 is 5.87. The van der Waals surface area contributed by atoms with Gasteiger partial charge in [0.05, 0.1) is 12.3 Å². The molecule has 0 unspecified atom stereocenters. The summed E-state index contributed by atoms with van der Waals surface area (Å²) in [4.78, 5) is 10.6. The third-order valence-corrected chi connectivity index (χ3v) is 3.93. The highest BCUT2D eigenvalue weighted by Crippen LogP contribution is 2.37. The van der Waals surface area contributed by atoms with Crippen LogP contribution >= 0.6 is 0 Å². The monoisotopic (exact) mass is 348 g/mol. The molecule has 132 valence electrons. The first-order chi connectivity index (χ1) is 12.7. The average molecular weight is 348 g/mol. The number of unbranched alkanes of at least 4 members (excludes halogenated alkanes) is 1. The molecule has 0 atom stereocenters. The third-order valence-electron chi connectivity index (χ3n) is 3.93. The molecule has 0 aliphatic heterocycles. The van der Waals surface area contributed by atoms with E-state index in [9.17, 15) is 4.79 Å². The van der Waals surface area contributed by atoms with E-state index in [1.165, 1.54) is 0 Å². The minimum absolute atomic E-state index is 0.154. The fraction of sp³-hybridized carbons (Fsp3) is 0.190. The van der Waals surface area contributed by atoms with Gasteiger partial charge in [0.1, 0.15) is 11.4 Å². The molecule has 0 spiro atoms. The molecule has 5 nitrogen and oxygen atoms in total. The molecule has 3 aromatic carbocycles. The number of hydrogen-bond acceptors (Lipinski definition) is 4. The Bertz CT molecular complexity index is 908. The summed E-state index contributed by atoms with van der Waals surface area (Å²) >= 11 is 0. The number of nitrogens with zero attached hydrogens (tertiary/aromatic N) is 2. The van der Waals surface area contributed by atoms with Gasteiger partial charge in [-0.3, -0.25) is 4.79 Å². The molecule has 3 aromatic rings. The van der Waals surface area contributed by atoms with Gasteiger partial charge in [-0.25, -0.2) is 0 Å². The Morgan fingerprint density at radius 1 is 0.885 bits per heavy atom. The second kappa shape index (κ2) is 8.76. The van der Waals surface area contributed by atoms with Gasteiger partial charge in [-0.05, 0) is 36.4 Å². The minimum Gasteiger partial charge on any atom is -0.491 e. The van der Waals surface area contributed by atoms with Crippen LogP contribution in [-0.2, 0) is 4.79 Å². The van der Waals surface area contributed by atoms with E-state index < -0.39 is 5.97 Å². The van der Waals surface area contributed by atoms with Crippen molar-refractivity contribution in [2.24, 2.45) is 10.2 Å². The highest BCUT2D eigenvalue weighted by atomic mass is 16.5. The first kappa shape index (κ1) is 17.6. The summed E-state index contributed by atoms with van der Waals surface area (Å²) in [5, 5.41) is 19.5. The van der Waals surface area contributed by atoms with E-state index in [0.717, 1.165) is 16.5 Å². The predicted octanol–water partition coefficient (Wildman–Crippen LogP) is 5.89. The number of aliphatic carboxylic acids is 1. The van der Waals surface area contributed by atoms with Crippen molar-refractivity contribution in [1.29, 1.82) is 0 Å². The largest absolute Gasteiger partial charge is 0.491 e. The fourth-order valence-corrected chi connectivity index (χ4v) is 2.62. The first-order valence-electron chi connectivity index (χ1n) is 8.57. The predicted molar refractivity (Wildman–Crippen MR) is 102 cm³/mol. The van der Waals surface area contributed by atoms with Crippen molar-refractivity contribution in [3.05, 3.63) is 66.7 Å². The van der Waals surface area contributed by atoms with Gasteiger partial charge in [0.25, 0.3) is 0 Å². The molecule has 3 rings (SSSR count). The topological polar surface area (TPSA) is 71.2 Å². The number of carbonyl (C=O) groups is 1. The number of carboxylic acids is 1. The standard InChI is InChI=1S/C21H20N2O3/c24-20(25)12-6-7-15-26-19-14-13-16-8-4-5-11-18(16)21(19)23-22-17-9-2-1-3-10-17/h1-5,8-11,13-14H,6-7,12,15H2,(H,24,25). The molecule has 0 heterocycles. The van der Waals surface area contributed by atoms with Crippen molar-refractivity contribution >= 4 is 28.1 Å². The molecule has 0 saturated heterocycles. The maximum atomic E-state index is 10.6. The molecule has 1 N–H and O–H groups in total. The molecular weight excluding hydrogens is 328 g/mol. The van der Waals surface area contributed by atoms with Crippen LogP contribution in [0.3, 0.4) is 0 Å². The van der Waals surface area contributed by atoms with Crippen LogP contribution in [-0.4, -0.2) is 17.7 Å². The Morgan fingerprint density at radius 2 is 1.65 bits per heavy atom. The van der Waals surface area contributed by atoms with Crippen LogP contribution in [0.1, 0.15) is 19.3 Å². The van der Waals surface area contributed by atoms with Crippen LogP contribution in [0.4, 0.5) is 11.4 Å². The molecule has 26 heavy (non-hydrogen) atoms. The summed E-state index contributed by atoms with van der Waals surface area (Å²) in [5.74, 6) is -0.133. The minimum atomic E-state index is -0.784. The molecule has 0 bridgehead atoms. The van der Waals surface area contributed by atoms with Gasteiger partial charge >= 0.3 is 5.97 Å². The zero-order chi connectivity index (χ0) is 18.2. The zero-order valence-electron chi connectivity index (χ0n) is 14.3. The van der Waals surface area contributed by atoms with E-state index in [1.807, 2.05) is 66.7 Å². The van der Waals surface area contributed by atoms with Crippen molar-refractivity contribution in [2.75, 3.05) is 6.61 Å². The van der Waals surface area contributed by atoms with E-state index in [0.29, 0.717) is 30.9 Å². The smallest absolute Gasteiger partial charge is 0.303 e. The van der Waals surface area contributed by atoms with Gasteiger partial charge < -0.3 is 9.84 Å².